The maximum absolute atomic E-state index is 11.9. The number of amides is 1. The number of aromatic nitrogens is 1. The summed E-state index contributed by atoms with van der Waals surface area (Å²) < 4.78 is 10.5. The van der Waals surface area contributed by atoms with Crippen LogP contribution in [-0.4, -0.2) is 40.9 Å². The summed E-state index contributed by atoms with van der Waals surface area (Å²) in [6.07, 6.45) is 1.71. The van der Waals surface area contributed by atoms with E-state index in [9.17, 15) is 4.79 Å². The van der Waals surface area contributed by atoms with Gasteiger partial charge in [-0.25, -0.2) is 4.79 Å². The van der Waals surface area contributed by atoms with E-state index in [1.807, 2.05) is 34.6 Å². The molecule has 124 valence electrons. The molecule has 6 nitrogen and oxygen atoms in total. The van der Waals surface area contributed by atoms with Crippen molar-refractivity contribution >= 4 is 6.09 Å². The van der Waals surface area contributed by atoms with Crippen molar-refractivity contribution in [3.63, 3.8) is 0 Å². The summed E-state index contributed by atoms with van der Waals surface area (Å²) in [5, 5.41) is 6.97. The highest BCUT2D eigenvalue weighted by Crippen LogP contribution is 2.19. The molecular formula is C16H27N3O3. The van der Waals surface area contributed by atoms with E-state index in [0.29, 0.717) is 0 Å². The average molecular weight is 309 g/mol. The Morgan fingerprint density at radius 3 is 2.77 bits per heavy atom. The van der Waals surface area contributed by atoms with Crippen molar-refractivity contribution in [3.8, 4) is 0 Å². The molecule has 1 aromatic heterocycles. The number of carbonyl (C=O) groups is 1. The third-order valence-electron chi connectivity index (χ3n) is 3.79. The van der Waals surface area contributed by atoms with E-state index < -0.39 is 5.60 Å². The van der Waals surface area contributed by atoms with E-state index in [1.54, 1.807) is 0 Å². The van der Waals surface area contributed by atoms with Gasteiger partial charge < -0.3 is 14.6 Å². The van der Waals surface area contributed by atoms with Gasteiger partial charge >= 0.3 is 6.09 Å². The van der Waals surface area contributed by atoms with E-state index >= 15 is 0 Å². The average Bonchev–Trinajstić information content (AvgIpc) is 2.69. The molecule has 2 heterocycles. The van der Waals surface area contributed by atoms with Gasteiger partial charge in [0.15, 0.2) is 0 Å². The smallest absolute Gasteiger partial charge is 0.407 e. The van der Waals surface area contributed by atoms with Crippen LogP contribution >= 0.6 is 0 Å². The lowest BCUT2D eigenvalue weighted by Crippen LogP contribution is -2.48. The zero-order valence-electron chi connectivity index (χ0n) is 14.2. The molecule has 1 atom stereocenters. The van der Waals surface area contributed by atoms with Crippen LogP contribution in [0, 0.1) is 13.8 Å². The third-order valence-corrected chi connectivity index (χ3v) is 3.79. The van der Waals surface area contributed by atoms with E-state index in [4.69, 9.17) is 9.26 Å². The number of nitrogens with one attached hydrogen (secondary N) is 1. The zero-order chi connectivity index (χ0) is 16.3. The van der Waals surface area contributed by atoms with Gasteiger partial charge in [-0.2, -0.15) is 0 Å². The van der Waals surface area contributed by atoms with Gasteiger partial charge in [-0.3, -0.25) is 4.90 Å². The fourth-order valence-electron chi connectivity index (χ4n) is 2.74. The van der Waals surface area contributed by atoms with E-state index in [0.717, 1.165) is 49.5 Å². The molecule has 1 unspecified atom stereocenters. The molecule has 1 saturated heterocycles. The first-order chi connectivity index (χ1) is 10.2. The molecule has 1 fully saturated rings. The van der Waals surface area contributed by atoms with Crippen molar-refractivity contribution in [1.82, 2.24) is 15.4 Å². The number of rotatable bonds is 3. The number of alkyl carbamates (subject to hydrolysis) is 1. The molecule has 0 aromatic carbocycles. The van der Waals surface area contributed by atoms with Crippen LogP contribution in [0.25, 0.3) is 0 Å². The molecule has 0 saturated carbocycles. The topological polar surface area (TPSA) is 67.6 Å². The first-order valence-electron chi connectivity index (χ1n) is 7.88. The van der Waals surface area contributed by atoms with Gasteiger partial charge in [0.25, 0.3) is 0 Å². The molecule has 0 radical (unpaired) electrons. The minimum absolute atomic E-state index is 0.129. The predicted molar refractivity (Wildman–Crippen MR) is 83.6 cm³/mol. The fraction of sp³-hybridized carbons (Fsp3) is 0.750. The van der Waals surface area contributed by atoms with Crippen LogP contribution in [-0.2, 0) is 11.3 Å². The van der Waals surface area contributed by atoms with Gasteiger partial charge in [-0.1, -0.05) is 5.16 Å². The molecule has 0 aliphatic carbocycles. The second-order valence-corrected chi connectivity index (χ2v) is 7.02. The second-order valence-electron chi connectivity index (χ2n) is 7.02. The number of likely N-dealkylation sites (tertiary alicyclic amines) is 1. The molecule has 1 N–H and O–H groups in total. The Morgan fingerprint density at radius 2 is 2.18 bits per heavy atom. The van der Waals surface area contributed by atoms with E-state index in [-0.39, 0.29) is 12.1 Å². The van der Waals surface area contributed by atoms with E-state index in [2.05, 4.69) is 15.4 Å². The summed E-state index contributed by atoms with van der Waals surface area (Å²) in [5.41, 5.74) is 1.63. The molecule has 1 aliphatic rings. The van der Waals surface area contributed by atoms with Gasteiger partial charge in [0.2, 0.25) is 0 Å². The molecule has 6 heteroatoms. The van der Waals surface area contributed by atoms with E-state index in [1.165, 1.54) is 0 Å². The first-order valence-corrected chi connectivity index (χ1v) is 7.88. The highest BCUT2D eigenvalue weighted by atomic mass is 16.6. The summed E-state index contributed by atoms with van der Waals surface area (Å²) in [6.45, 7) is 12.2. The summed E-state index contributed by atoms with van der Waals surface area (Å²) in [4.78, 5) is 14.2. The van der Waals surface area contributed by atoms with Crippen molar-refractivity contribution < 1.29 is 14.1 Å². The number of carbonyl (C=O) groups excluding carboxylic acids is 1. The quantitative estimate of drug-likeness (QED) is 0.930. The van der Waals surface area contributed by atoms with Crippen LogP contribution in [0.1, 0.15) is 50.6 Å². The highest BCUT2D eigenvalue weighted by Gasteiger charge is 2.25. The Kier molecular flexibility index (Phi) is 5.11. The van der Waals surface area contributed by atoms with Crippen molar-refractivity contribution in [2.24, 2.45) is 0 Å². The minimum atomic E-state index is -0.463. The van der Waals surface area contributed by atoms with Crippen LogP contribution < -0.4 is 5.32 Å². The maximum atomic E-state index is 11.9. The Labute approximate surface area is 132 Å². The fourth-order valence-corrected chi connectivity index (χ4v) is 2.74. The van der Waals surface area contributed by atoms with Crippen molar-refractivity contribution in [3.05, 3.63) is 17.0 Å². The normalized spacial score (nSPS) is 20.0. The molecule has 1 aromatic rings. The van der Waals surface area contributed by atoms with Gasteiger partial charge in [0.05, 0.1) is 5.69 Å². The summed E-state index contributed by atoms with van der Waals surface area (Å²) >= 11 is 0. The molecular weight excluding hydrogens is 282 g/mol. The van der Waals surface area contributed by atoms with Gasteiger partial charge in [-0.15, -0.1) is 0 Å². The standard InChI is InChI=1S/C16H27N3O3/c1-11-14(12(2)22-18-11)10-19-8-6-7-13(9-19)17-15(20)21-16(3,4)5/h13H,6-10H2,1-5H3,(H,17,20). The number of piperidine rings is 1. The van der Waals surface area contributed by atoms with Crippen LogP contribution in [0.2, 0.25) is 0 Å². The molecule has 0 bridgehead atoms. The van der Waals surface area contributed by atoms with Gasteiger partial charge in [0, 0.05) is 24.7 Å². The largest absolute Gasteiger partial charge is 0.444 e. The lowest BCUT2D eigenvalue weighted by molar-refractivity contribution is 0.0470. The molecule has 22 heavy (non-hydrogen) atoms. The van der Waals surface area contributed by atoms with Crippen molar-refractivity contribution in [2.45, 2.75) is 65.6 Å². The summed E-state index contributed by atoms with van der Waals surface area (Å²) in [6, 6.07) is 0.129. The summed E-state index contributed by atoms with van der Waals surface area (Å²) in [5.74, 6) is 0.875. The second kappa shape index (κ2) is 6.69. The predicted octanol–water partition coefficient (Wildman–Crippen LogP) is 2.78. The number of nitrogens with zero attached hydrogens (tertiary/aromatic N) is 2. The van der Waals surface area contributed by atoms with Gasteiger partial charge in [0.1, 0.15) is 11.4 Å². The maximum Gasteiger partial charge on any atom is 0.407 e. The SMILES string of the molecule is Cc1noc(C)c1CN1CCCC(NC(=O)OC(C)(C)C)C1. The number of hydrogen-bond acceptors (Lipinski definition) is 5. The molecule has 1 aliphatic heterocycles. The Hall–Kier alpha value is -1.56. The zero-order valence-corrected chi connectivity index (χ0v) is 14.2. The molecule has 2 rings (SSSR count). The monoisotopic (exact) mass is 309 g/mol. The van der Waals surface area contributed by atoms with Crippen molar-refractivity contribution in [1.29, 1.82) is 0 Å². The third kappa shape index (κ3) is 4.73. The lowest BCUT2D eigenvalue weighted by atomic mass is 10.0. The first kappa shape index (κ1) is 16.8. The number of ether oxygens (including phenoxy) is 1. The van der Waals surface area contributed by atoms with Crippen LogP contribution in [0.4, 0.5) is 4.79 Å². The van der Waals surface area contributed by atoms with Crippen LogP contribution in [0.3, 0.4) is 0 Å². The summed E-state index contributed by atoms with van der Waals surface area (Å²) in [7, 11) is 0. The molecule has 1 amide bonds. The number of aryl methyl sites for hydroxylation is 2. The Balaban J connectivity index is 1.88. The lowest BCUT2D eigenvalue weighted by Gasteiger charge is -2.33. The molecule has 0 spiro atoms. The van der Waals surface area contributed by atoms with Crippen LogP contribution in [0.15, 0.2) is 4.52 Å². The van der Waals surface area contributed by atoms with Crippen LogP contribution in [0.5, 0.6) is 0 Å². The minimum Gasteiger partial charge on any atom is -0.444 e. The Morgan fingerprint density at radius 1 is 1.45 bits per heavy atom. The number of hydrogen-bond donors (Lipinski definition) is 1. The Bertz CT molecular complexity index is 500. The van der Waals surface area contributed by atoms with Crippen molar-refractivity contribution in [2.75, 3.05) is 13.1 Å². The highest BCUT2D eigenvalue weighted by molar-refractivity contribution is 5.68. The van der Waals surface area contributed by atoms with Gasteiger partial charge in [-0.05, 0) is 54.0 Å².